The summed E-state index contributed by atoms with van der Waals surface area (Å²) in [6.45, 7) is 0. The van der Waals surface area contributed by atoms with Crippen LogP contribution in [0.5, 0.6) is 0 Å². The molecule has 0 amide bonds. The molecule has 2 aromatic rings. The lowest BCUT2D eigenvalue weighted by atomic mass is 10.0. The second-order valence-electron chi connectivity index (χ2n) is 3.75. The highest BCUT2D eigenvalue weighted by molar-refractivity contribution is 6.39. The highest BCUT2D eigenvalue weighted by Crippen LogP contribution is 2.40. The van der Waals surface area contributed by atoms with Gasteiger partial charge in [0.2, 0.25) is 0 Å². The fourth-order valence-electron chi connectivity index (χ4n) is 1.71. The number of nitrogen functional groups attached to an aromatic ring is 1. The number of nitrogens with two attached hydrogens (primary N) is 1. The lowest BCUT2D eigenvalue weighted by molar-refractivity contribution is 0.463. The number of halogens is 6. The Morgan fingerprint density at radius 3 is 1.65 bits per heavy atom. The van der Waals surface area contributed by atoms with Crippen LogP contribution in [0.25, 0.3) is 11.1 Å². The smallest absolute Gasteiger partial charge is 0.187 e. The van der Waals surface area contributed by atoms with Gasteiger partial charge in [-0.25, -0.2) is 17.6 Å². The first-order chi connectivity index (χ1) is 9.40. The van der Waals surface area contributed by atoms with Crippen molar-refractivity contribution in [3.63, 3.8) is 0 Å². The monoisotopic (exact) mass is 324 g/mol. The van der Waals surface area contributed by atoms with Gasteiger partial charge >= 0.3 is 0 Å². The summed E-state index contributed by atoms with van der Waals surface area (Å²) in [6.07, 6.45) is 0. The fraction of sp³-hybridized carbons (Fsp3) is 0. The van der Waals surface area contributed by atoms with Crippen molar-refractivity contribution in [1.29, 1.82) is 0 Å². The van der Waals surface area contributed by atoms with Gasteiger partial charge in [-0.1, -0.05) is 29.3 Å². The number of rotatable bonds is 2. The molecule has 0 bridgehead atoms. The van der Waals surface area contributed by atoms with E-state index in [9.17, 15) is 17.6 Å². The Bertz CT molecular complexity index is 642. The van der Waals surface area contributed by atoms with Crippen LogP contribution in [0.3, 0.4) is 0 Å². The summed E-state index contributed by atoms with van der Waals surface area (Å²) in [4.78, 5) is 0. The molecule has 2 nitrogen and oxygen atoms in total. The molecule has 0 radical (unpaired) electrons. The molecule has 0 saturated carbocycles. The molecule has 0 atom stereocenters. The summed E-state index contributed by atoms with van der Waals surface area (Å²) in [7, 11) is 0. The van der Waals surface area contributed by atoms with Crippen LogP contribution in [-0.4, -0.2) is 0 Å². The predicted octanol–water partition coefficient (Wildman–Crippen LogP) is 4.50. The molecule has 8 heteroatoms. The molecule has 0 aliphatic carbocycles. The Morgan fingerprint density at radius 1 is 0.800 bits per heavy atom. The fourth-order valence-corrected chi connectivity index (χ4v) is 2.30. The molecule has 106 valence electrons. The van der Waals surface area contributed by atoms with Crippen molar-refractivity contribution in [2.45, 2.75) is 0 Å². The van der Waals surface area contributed by atoms with Crippen LogP contribution >= 0.6 is 23.2 Å². The van der Waals surface area contributed by atoms with Gasteiger partial charge in [0.25, 0.3) is 0 Å². The van der Waals surface area contributed by atoms with Crippen LogP contribution in [0.1, 0.15) is 0 Å². The van der Waals surface area contributed by atoms with Gasteiger partial charge in [-0.3, -0.25) is 5.84 Å². The topological polar surface area (TPSA) is 38.0 Å². The van der Waals surface area contributed by atoms with E-state index < -0.39 is 34.5 Å². The summed E-state index contributed by atoms with van der Waals surface area (Å²) in [5.41, 5.74) is -0.893. The number of anilines is 1. The first-order valence-corrected chi connectivity index (χ1v) is 5.92. The molecule has 0 unspecified atom stereocenters. The number of benzene rings is 2. The quantitative estimate of drug-likeness (QED) is 0.369. The van der Waals surface area contributed by atoms with Crippen LogP contribution in [0, 0.1) is 23.3 Å². The second-order valence-corrected chi connectivity index (χ2v) is 4.56. The Balaban J connectivity index is 2.89. The highest BCUT2D eigenvalue weighted by atomic mass is 35.5. The molecule has 0 saturated heterocycles. The van der Waals surface area contributed by atoms with Crippen molar-refractivity contribution in [3.05, 3.63) is 51.5 Å². The van der Waals surface area contributed by atoms with Crippen LogP contribution in [0.2, 0.25) is 10.0 Å². The molecule has 0 heterocycles. The number of nitrogens with one attached hydrogen (secondary N) is 1. The normalized spacial score (nSPS) is 10.8. The maximum Gasteiger partial charge on any atom is 0.187 e. The molecule has 2 aromatic carbocycles. The zero-order valence-electron chi connectivity index (χ0n) is 9.58. The van der Waals surface area contributed by atoms with E-state index in [4.69, 9.17) is 29.0 Å². The average molecular weight is 325 g/mol. The second kappa shape index (κ2) is 5.47. The van der Waals surface area contributed by atoms with E-state index in [1.165, 1.54) is 18.2 Å². The van der Waals surface area contributed by atoms with Crippen molar-refractivity contribution in [1.82, 2.24) is 0 Å². The van der Waals surface area contributed by atoms with E-state index in [0.717, 1.165) is 0 Å². The molecule has 0 aliphatic rings. The third-order valence-electron chi connectivity index (χ3n) is 2.62. The molecule has 0 spiro atoms. The molecule has 3 N–H and O–H groups in total. The first kappa shape index (κ1) is 14.9. The number of hydrazine groups is 1. The van der Waals surface area contributed by atoms with Crippen LogP contribution in [0.4, 0.5) is 23.2 Å². The summed E-state index contributed by atoms with van der Waals surface area (Å²) >= 11 is 11.6. The van der Waals surface area contributed by atoms with Crippen molar-refractivity contribution >= 4 is 28.9 Å². The van der Waals surface area contributed by atoms with Gasteiger partial charge in [-0.05, 0) is 12.1 Å². The lowest BCUT2D eigenvalue weighted by Crippen LogP contribution is -2.14. The third kappa shape index (κ3) is 2.19. The average Bonchev–Trinajstić information content (AvgIpc) is 2.40. The van der Waals surface area contributed by atoms with Gasteiger partial charge in [0.05, 0.1) is 15.6 Å². The maximum absolute atomic E-state index is 13.9. The molecular weight excluding hydrogens is 319 g/mol. The Morgan fingerprint density at radius 2 is 1.25 bits per heavy atom. The van der Waals surface area contributed by atoms with E-state index in [1.54, 1.807) is 5.43 Å². The van der Waals surface area contributed by atoms with Crippen molar-refractivity contribution in [2.75, 3.05) is 5.43 Å². The molecule has 0 aromatic heterocycles. The first-order valence-electron chi connectivity index (χ1n) is 5.17. The molecule has 2 rings (SSSR count). The highest BCUT2D eigenvalue weighted by Gasteiger charge is 2.28. The van der Waals surface area contributed by atoms with E-state index in [-0.39, 0.29) is 15.6 Å². The predicted molar refractivity (Wildman–Crippen MR) is 69.5 cm³/mol. The van der Waals surface area contributed by atoms with Gasteiger partial charge in [-0.2, -0.15) is 0 Å². The summed E-state index contributed by atoms with van der Waals surface area (Å²) in [6, 6.07) is 3.99. The van der Waals surface area contributed by atoms with E-state index in [1.807, 2.05) is 0 Å². The van der Waals surface area contributed by atoms with Crippen molar-refractivity contribution in [3.8, 4) is 11.1 Å². The van der Waals surface area contributed by atoms with Crippen LogP contribution in [-0.2, 0) is 0 Å². The van der Waals surface area contributed by atoms with E-state index in [2.05, 4.69) is 0 Å². The van der Waals surface area contributed by atoms with Crippen LogP contribution < -0.4 is 11.3 Å². The van der Waals surface area contributed by atoms with Crippen molar-refractivity contribution in [2.24, 2.45) is 5.84 Å². The van der Waals surface area contributed by atoms with E-state index >= 15 is 0 Å². The maximum atomic E-state index is 13.9. The van der Waals surface area contributed by atoms with Crippen molar-refractivity contribution < 1.29 is 17.6 Å². The van der Waals surface area contributed by atoms with Gasteiger partial charge in [-0.15, -0.1) is 0 Å². The largest absolute Gasteiger partial charge is 0.319 e. The summed E-state index contributed by atoms with van der Waals surface area (Å²) in [5, 5.41) is -0.301. The molecular formula is C12H6Cl2F4N2. The summed E-state index contributed by atoms with van der Waals surface area (Å²) < 4.78 is 55.2. The van der Waals surface area contributed by atoms with Gasteiger partial charge in [0.1, 0.15) is 5.69 Å². The number of hydrogen-bond acceptors (Lipinski definition) is 2. The minimum Gasteiger partial charge on any atom is -0.319 e. The molecule has 20 heavy (non-hydrogen) atoms. The zero-order valence-corrected chi connectivity index (χ0v) is 11.1. The minimum absolute atomic E-state index is 0.150. The van der Waals surface area contributed by atoms with E-state index in [0.29, 0.717) is 0 Å². The summed E-state index contributed by atoms with van der Waals surface area (Å²) in [5.74, 6) is -1.81. The Labute approximate surface area is 121 Å². The van der Waals surface area contributed by atoms with Gasteiger partial charge in [0, 0.05) is 5.56 Å². The number of hydrogen-bond donors (Lipinski definition) is 2. The zero-order chi connectivity index (χ0) is 15.0. The Kier molecular flexibility index (Phi) is 4.08. The minimum atomic E-state index is -1.67. The molecule has 0 fully saturated rings. The van der Waals surface area contributed by atoms with Gasteiger partial charge in [0.15, 0.2) is 23.3 Å². The Hall–Kier alpha value is -1.50. The third-order valence-corrected chi connectivity index (χ3v) is 3.25. The SMILES string of the molecule is NNc1c(F)c(F)c(-c2c(Cl)cccc2Cl)c(F)c1F. The van der Waals surface area contributed by atoms with Gasteiger partial charge < -0.3 is 5.43 Å². The lowest BCUT2D eigenvalue weighted by Gasteiger charge is -2.13. The van der Waals surface area contributed by atoms with Crippen LogP contribution in [0.15, 0.2) is 18.2 Å². The standard InChI is InChI=1S/C12H6Cl2F4N2/c13-4-2-1-3-5(14)6(4)7-8(15)10(17)12(20-19)11(18)9(7)16/h1-3,20H,19H2. The molecule has 0 aliphatic heterocycles.